The zero-order valence-corrected chi connectivity index (χ0v) is 12.5. The maximum Gasteiger partial charge on any atom is 0.232 e. The van der Waals surface area contributed by atoms with Gasteiger partial charge in [0.05, 0.1) is 24.4 Å². The maximum atomic E-state index is 11.8. The van der Waals surface area contributed by atoms with Crippen LogP contribution in [0.3, 0.4) is 0 Å². The van der Waals surface area contributed by atoms with Gasteiger partial charge in [-0.25, -0.2) is 0 Å². The number of halogens is 1. The van der Waals surface area contributed by atoms with E-state index in [0.29, 0.717) is 25.3 Å². The molecule has 1 N–H and O–H groups in total. The Kier molecular flexibility index (Phi) is 4.76. The molecule has 5 heteroatoms. The third-order valence-corrected chi connectivity index (χ3v) is 4.63. The van der Waals surface area contributed by atoms with Crippen LogP contribution in [0.2, 0.25) is 5.02 Å². The van der Waals surface area contributed by atoms with Crippen LogP contribution in [0, 0.1) is 0 Å². The van der Waals surface area contributed by atoms with Gasteiger partial charge in [-0.05, 0) is 24.1 Å². The molecule has 1 heterocycles. The Hall–Kier alpha value is -0.710. The Morgan fingerprint density at radius 1 is 1.42 bits per heavy atom. The van der Waals surface area contributed by atoms with Crippen LogP contribution in [-0.2, 0) is 10.5 Å². The Labute approximate surface area is 122 Å². The van der Waals surface area contributed by atoms with Crippen molar-refractivity contribution in [2.24, 2.45) is 0 Å². The highest BCUT2D eigenvalue weighted by Gasteiger charge is 2.41. The molecule has 1 aromatic rings. The van der Waals surface area contributed by atoms with E-state index in [4.69, 9.17) is 11.6 Å². The van der Waals surface area contributed by atoms with E-state index in [2.05, 4.69) is 0 Å². The number of aliphatic hydroxyl groups is 1. The monoisotopic (exact) mass is 299 g/mol. The molecule has 19 heavy (non-hydrogen) atoms. The molecule has 0 aliphatic carbocycles. The van der Waals surface area contributed by atoms with E-state index in [1.165, 1.54) is 0 Å². The first-order chi connectivity index (χ1) is 9.02. The minimum Gasteiger partial charge on any atom is -0.386 e. The molecule has 104 valence electrons. The normalized spacial score (nSPS) is 17.1. The molecule has 3 nitrogen and oxygen atoms in total. The smallest absolute Gasteiger partial charge is 0.232 e. The minimum atomic E-state index is -0.642. The van der Waals surface area contributed by atoms with E-state index < -0.39 is 5.60 Å². The Balaban J connectivity index is 1.69. The average Bonchev–Trinajstić information content (AvgIpc) is 2.37. The summed E-state index contributed by atoms with van der Waals surface area (Å²) in [7, 11) is 0. The summed E-state index contributed by atoms with van der Waals surface area (Å²) in [5, 5.41) is 10.6. The van der Waals surface area contributed by atoms with Crippen LogP contribution in [0.4, 0.5) is 0 Å². The number of β-amino-alcohol motifs (C(OH)–C–C–N with tert-alkyl or cyclic N) is 1. The zero-order valence-electron chi connectivity index (χ0n) is 10.9. The van der Waals surface area contributed by atoms with E-state index in [1.807, 2.05) is 31.2 Å². The standard InChI is InChI=1S/C14H18ClNO2S/c1-2-14(18)9-16(10-14)13(17)8-19-7-11-3-5-12(15)6-4-11/h3-6,18H,2,7-10H2,1H3. The lowest BCUT2D eigenvalue weighted by molar-refractivity contribution is -0.152. The summed E-state index contributed by atoms with van der Waals surface area (Å²) in [5.74, 6) is 1.37. The number of benzene rings is 1. The quantitative estimate of drug-likeness (QED) is 0.908. The Bertz CT molecular complexity index is 443. The van der Waals surface area contributed by atoms with Gasteiger partial charge < -0.3 is 10.0 Å². The first-order valence-electron chi connectivity index (χ1n) is 6.35. The average molecular weight is 300 g/mol. The highest BCUT2D eigenvalue weighted by molar-refractivity contribution is 7.99. The van der Waals surface area contributed by atoms with Gasteiger partial charge in [-0.3, -0.25) is 4.79 Å². The number of thioether (sulfide) groups is 1. The molecule has 1 aliphatic heterocycles. The summed E-state index contributed by atoms with van der Waals surface area (Å²) in [6.45, 7) is 2.89. The summed E-state index contributed by atoms with van der Waals surface area (Å²) in [6.07, 6.45) is 0.703. The van der Waals surface area contributed by atoms with Gasteiger partial charge >= 0.3 is 0 Å². The highest BCUT2D eigenvalue weighted by Crippen LogP contribution is 2.25. The van der Waals surface area contributed by atoms with Crippen molar-refractivity contribution < 1.29 is 9.90 Å². The van der Waals surface area contributed by atoms with E-state index in [-0.39, 0.29) is 5.91 Å². The number of amides is 1. The largest absolute Gasteiger partial charge is 0.386 e. The van der Waals surface area contributed by atoms with Crippen LogP contribution < -0.4 is 0 Å². The second-order valence-corrected chi connectivity index (χ2v) is 6.37. The fourth-order valence-electron chi connectivity index (χ4n) is 1.99. The first kappa shape index (κ1) is 14.7. The van der Waals surface area contributed by atoms with Crippen LogP contribution >= 0.6 is 23.4 Å². The molecule has 0 spiro atoms. The molecule has 1 aromatic carbocycles. The lowest BCUT2D eigenvalue weighted by atomic mass is 9.91. The molecular formula is C14H18ClNO2S. The second kappa shape index (κ2) is 6.16. The van der Waals surface area contributed by atoms with Gasteiger partial charge in [0.2, 0.25) is 5.91 Å². The molecular weight excluding hydrogens is 282 g/mol. The Morgan fingerprint density at radius 3 is 2.63 bits per heavy atom. The maximum absolute atomic E-state index is 11.8. The van der Waals surface area contributed by atoms with Crippen molar-refractivity contribution >= 4 is 29.3 Å². The lowest BCUT2D eigenvalue weighted by Crippen LogP contribution is -2.63. The van der Waals surface area contributed by atoms with Crippen molar-refractivity contribution in [2.75, 3.05) is 18.8 Å². The fourth-order valence-corrected chi connectivity index (χ4v) is 3.01. The first-order valence-corrected chi connectivity index (χ1v) is 7.88. The molecule has 0 saturated carbocycles. The molecule has 1 aliphatic rings. The fraction of sp³-hybridized carbons (Fsp3) is 0.500. The van der Waals surface area contributed by atoms with Gasteiger partial charge in [-0.2, -0.15) is 0 Å². The van der Waals surface area contributed by atoms with Crippen molar-refractivity contribution in [1.82, 2.24) is 4.90 Å². The van der Waals surface area contributed by atoms with Crippen LogP contribution in [0.1, 0.15) is 18.9 Å². The minimum absolute atomic E-state index is 0.108. The number of carbonyl (C=O) groups excluding carboxylic acids is 1. The summed E-state index contributed by atoms with van der Waals surface area (Å²) < 4.78 is 0. The van der Waals surface area contributed by atoms with E-state index in [0.717, 1.165) is 16.3 Å². The third kappa shape index (κ3) is 3.88. The van der Waals surface area contributed by atoms with Crippen LogP contribution in [-0.4, -0.2) is 40.4 Å². The molecule has 1 fully saturated rings. The SMILES string of the molecule is CCC1(O)CN(C(=O)CSCc2ccc(Cl)cc2)C1. The Morgan fingerprint density at radius 2 is 2.05 bits per heavy atom. The molecule has 0 aromatic heterocycles. The number of nitrogens with zero attached hydrogens (tertiary/aromatic N) is 1. The predicted molar refractivity (Wildman–Crippen MR) is 79.4 cm³/mol. The summed E-state index contributed by atoms with van der Waals surface area (Å²) >= 11 is 7.40. The van der Waals surface area contributed by atoms with Crippen molar-refractivity contribution in [2.45, 2.75) is 24.7 Å². The highest BCUT2D eigenvalue weighted by atomic mass is 35.5. The van der Waals surface area contributed by atoms with Gasteiger partial charge in [0, 0.05) is 10.8 Å². The van der Waals surface area contributed by atoms with Gasteiger partial charge in [0.15, 0.2) is 0 Å². The molecule has 0 atom stereocenters. The number of hydrogen-bond donors (Lipinski definition) is 1. The lowest BCUT2D eigenvalue weighted by Gasteiger charge is -2.46. The third-order valence-electron chi connectivity index (χ3n) is 3.39. The zero-order chi connectivity index (χ0) is 13.9. The molecule has 1 saturated heterocycles. The molecule has 1 amide bonds. The van der Waals surface area contributed by atoms with E-state index in [9.17, 15) is 9.90 Å². The molecule has 0 radical (unpaired) electrons. The van der Waals surface area contributed by atoms with E-state index in [1.54, 1.807) is 16.7 Å². The van der Waals surface area contributed by atoms with Crippen molar-refractivity contribution in [1.29, 1.82) is 0 Å². The van der Waals surface area contributed by atoms with Crippen molar-refractivity contribution in [3.63, 3.8) is 0 Å². The predicted octanol–water partition coefficient (Wildman–Crippen LogP) is 2.56. The molecule has 2 rings (SSSR count). The number of rotatable bonds is 5. The van der Waals surface area contributed by atoms with Gasteiger partial charge in [0.1, 0.15) is 0 Å². The number of carbonyl (C=O) groups is 1. The molecule has 0 bridgehead atoms. The summed E-state index contributed by atoms with van der Waals surface area (Å²) in [6, 6.07) is 7.66. The van der Waals surface area contributed by atoms with Gasteiger partial charge in [-0.1, -0.05) is 30.7 Å². The van der Waals surface area contributed by atoms with E-state index >= 15 is 0 Å². The van der Waals surface area contributed by atoms with Crippen LogP contribution in [0.5, 0.6) is 0 Å². The van der Waals surface area contributed by atoms with Crippen LogP contribution in [0.15, 0.2) is 24.3 Å². The van der Waals surface area contributed by atoms with Crippen LogP contribution in [0.25, 0.3) is 0 Å². The number of hydrogen-bond acceptors (Lipinski definition) is 3. The van der Waals surface area contributed by atoms with Crippen molar-refractivity contribution in [3.8, 4) is 0 Å². The topological polar surface area (TPSA) is 40.5 Å². The summed E-state index contributed by atoms with van der Waals surface area (Å²) in [5.41, 5.74) is 0.520. The second-order valence-electron chi connectivity index (χ2n) is 4.95. The van der Waals surface area contributed by atoms with Gasteiger partial charge in [-0.15, -0.1) is 11.8 Å². The van der Waals surface area contributed by atoms with Crippen molar-refractivity contribution in [3.05, 3.63) is 34.9 Å². The van der Waals surface area contributed by atoms with Gasteiger partial charge in [0.25, 0.3) is 0 Å². The molecule has 0 unspecified atom stereocenters. The summed E-state index contributed by atoms with van der Waals surface area (Å²) in [4.78, 5) is 13.6. The number of likely N-dealkylation sites (tertiary alicyclic amines) is 1.